The van der Waals surface area contributed by atoms with Gasteiger partial charge < -0.3 is 9.72 Å². The monoisotopic (exact) mass is 294 g/mol. The number of benzene rings is 2. The van der Waals surface area contributed by atoms with E-state index in [1.54, 1.807) is 18.2 Å². The Morgan fingerprint density at radius 2 is 2.00 bits per heavy atom. The minimum absolute atomic E-state index is 0.292. The Morgan fingerprint density at radius 1 is 1.18 bits per heavy atom. The molecule has 0 fully saturated rings. The average Bonchev–Trinajstić information content (AvgIpc) is 2.95. The Hall–Kier alpha value is -2.95. The molecule has 5 heteroatoms. The van der Waals surface area contributed by atoms with Gasteiger partial charge in [-0.15, -0.1) is 0 Å². The van der Waals surface area contributed by atoms with Crippen molar-refractivity contribution in [3.8, 4) is 23.0 Å². The highest BCUT2D eigenvalue weighted by atomic mass is 19.1. The first kappa shape index (κ1) is 12.8. The molecule has 0 radical (unpaired) electrons. The number of hydrogen-bond acceptors (Lipinski definition) is 3. The number of para-hydroxylation sites is 1. The lowest BCUT2D eigenvalue weighted by Crippen LogP contribution is -2.04. The van der Waals surface area contributed by atoms with Gasteiger partial charge in [-0.1, -0.05) is 12.1 Å². The van der Waals surface area contributed by atoms with Crippen molar-refractivity contribution in [1.82, 2.24) is 9.97 Å². The molecule has 1 aromatic heterocycles. The summed E-state index contributed by atoms with van der Waals surface area (Å²) in [5.74, 6) is 1.34. The molecule has 0 spiro atoms. The third-order valence-electron chi connectivity index (χ3n) is 3.68. The largest absolute Gasteiger partial charge is 0.436 e. The number of aromatic amines is 1. The number of halogens is 1. The van der Waals surface area contributed by atoms with Crippen molar-refractivity contribution in [3.63, 3.8) is 0 Å². The molecule has 0 bridgehead atoms. The van der Waals surface area contributed by atoms with Gasteiger partial charge in [-0.3, -0.25) is 4.79 Å². The van der Waals surface area contributed by atoms with Gasteiger partial charge in [0.1, 0.15) is 17.4 Å². The van der Waals surface area contributed by atoms with Crippen LogP contribution in [0.3, 0.4) is 0 Å². The van der Waals surface area contributed by atoms with E-state index in [1.807, 2.05) is 12.1 Å². The van der Waals surface area contributed by atoms with E-state index >= 15 is 0 Å². The van der Waals surface area contributed by atoms with E-state index in [4.69, 9.17) is 4.74 Å². The lowest BCUT2D eigenvalue weighted by molar-refractivity contribution is 0.112. The Bertz CT molecular complexity index is 869. The smallest absolute Gasteiger partial charge is 0.241 e. The van der Waals surface area contributed by atoms with Crippen LogP contribution >= 0.6 is 0 Å². The zero-order valence-corrected chi connectivity index (χ0v) is 11.5. The lowest BCUT2D eigenvalue weighted by atomic mass is 10.0. The Kier molecular flexibility index (Phi) is 2.79. The highest BCUT2D eigenvalue weighted by molar-refractivity contribution is 5.81. The van der Waals surface area contributed by atoms with Crippen LogP contribution in [0.1, 0.15) is 21.6 Å². The maximum Gasteiger partial charge on any atom is 0.241 e. The number of ether oxygens (including phenoxy) is 1. The molecular weight excluding hydrogens is 283 g/mol. The predicted octanol–water partition coefficient (Wildman–Crippen LogP) is 3.72. The van der Waals surface area contributed by atoms with Crippen LogP contribution < -0.4 is 4.74 Å². The minimum Gasteiger partial charge on any atom is -0.436 e. The first-order chi connectivity index (χ1) is 10.7. The van der Waals surface area contributed by atoms with Crippen LogP contribution in [0.5, 0.6) is 11.6 Å². The van der Waals surface area contributed by atoms with Crippen molar-refractivity contribution in [2.75, 3.05) is 0 Å². The second-order valence-corrected chi connectivity index (χ2v) is 5.11. The van der Waals surface area contributed by atoms with E-state index < -0.39 is 0 Å². The summed E-state index contributed by atoms with van der Waals surface area (Å²) in [6.07, 6.45) is 1.39. The number of nitrogens with zero attached hydrogens (tertiary/aromatic N) is 1. The van der Waals surface area contributed by atoms with Crippen LogP contribution in [0.15, 0.2) is 42.5 Å². The molecule has 1 aliphatic rings. The van der Waals surface area contributed by atoms with E-state index in [-0.39, 0.29) is 5.82 Å². The highest BCUT2D eigenvalue weighted by Crippen LogP contribution is 2.38. The first-order valence-electron chi connectivity index (χ1n) is 6.84. The van der Waals surface area contributed by atoms with Gasteiger partial charge in [-0.25, -0.2) is 4.39 Å². The fourth-order valence-electron chi connectivity index (χ4n) is 2.59. The van der Waals surface area contributed by atoms with Gasteiger partial charge in [0, 0.05) is 17.5 Å². The van der Waals surface area contributed by atoms with E-state index in [0.717, 1.165) is 23.1 Å². The molecule has 4 nitrogen and oxygen atoms in total. The zero-order valence-electron chi connectivity index (χ0n) is 11.5. The Balaban J connectivity index is 1.75. The molecule has 0 saturated carbocycles. The average molecular weight is 294 g/mol. The van der Waals surface area contributed by atoms with Crippen LogP contribution in [0.4, 0.5) is 4.39 Å². The van der Waals surface area contributed by atoms with E-state index in [2.05, 4.69) is 9.97 Å². The van der Waals surface area contributed by atoms with Crippen molar-refractivity contribution >= 4 is 6.29 Å². The standard InChI is InChI=1S/C17H11FN2O2/c18-13-6-4-10(5-7-13)16-19-14-8-11-2-1-3-12(9-21)15(11)22-17(14)20-16/h1-7,9H,8H2,(H,19,20). The van der Waals surface area contributed by atoms with Crippen molar-refractivity contribution in [3.05, 3.63) is 65.1 Å². The van der Waals surface area contributed by atoms with Crippen molar-refractivity contribution in [1.29, 1.82) is 0 Å². The van der Waals surface area contributed by atoms with Crippen LogP contribution in [0.25, 0.3) is 11.4 Å². The number of imidazole rings is 1. The van der Waals surface area contributed by atoms with Gasteiger partial charge in [0.2, 0.25) is 5.88 Å². The number of nitrogens with one attached hydrogen (secondary N) is 1. The molecule has 3 aromatic rings. The second-order valence-electron chi connectivity index (χ2n) is 5.11. The number of aromatic nitrogens is 2. The molecule has 0 unspecified atom stereocenters. The summed E-state index contributed by atoms with van der Waals surface area (Å²) in [7, 11) is 0. The van der Waals surface area contributed by atoms with E-state index in [0.29, 0.717) is 29.4 Å². The van der Waals surface area contributed by atoms with Gasteiger partial charge >= 0.3 is 0 Å². The fraction of sp³-hybridized carbons (Fsp3) is 0.0588. The quantitative estimate of drug-likeness (QED) is 0.573. The molecule has 1 N–H and O–H groups in total. The first-order valence-corrected chi connectivity index (χ1v) is 6.84. The minimum atomic E-state index is -0.292. The molecule has 0 amide bonds. The SMILES string of the molecule is O=Cc1cccc2c1Oc1nc(-c3ccc(F)cc3)[nH]c1C2. The number of aldehydes is 1. The maximum atomic E-state index is 13.0. The Morgan fingerprint density at radius 3 is 2.77 bits per heavy atom. The maximum absolute atomic E-state index is 13.0. The molecule has 2 heterocycles. The number of rotatable bonds is 2. The van der Waals surface area contributed by atoms with Gasteiger partial charge in [-0.2, -0.15) is 4.98 Å². The summed E-state index contributed by atoms with van der Waals surface area (Å²) in [6, 6.07) is 11.5. The molecule has 1 aliphatic heterocycles. The summed E-state index contributed by atoms with van der Waals surface area (Å²) in [5.41, 5.74) is 3.06. The van der Waals surface area contributed by atoms with Crippen molar-refractivity contribution in [2.24, 2.45) is 0 Å². The van der Waals surface area contributed by atoms with Crippen LogP contribution in [0, 0.1) is 5.82 Å². The van der Waals surface area contributed by atoms with Crippen LogP contribution in [0.2, 0.25) is 0 Å². The van der Waals surface area contributed by atoms with Crippen molar-refractivity contribution < 1.29 is 13.9 Å². The molecule has 108 valence electrons. The van der Waals surface area contributed by atoms with Gasteiger partial charge in [0.15, 0.2) is 6.29 Å². The summed E-state index contributed by atoms with van der Waals surface area (Å²) in [6.45, 7) is 0. The van der Waals surface area contributed by atoms with Gasteiger partial charge in [-0.05, 0) is 30.3 Å². The van der Waals surface area contributed by atoms with Gasteiger partial charge in [0.05, 0.1) is 11.3 Å². The normalized spacial score (nSPS) is 12.2. The van der Waals surface area contributed by atoms with Crippen LogP contribution in [-0.4, -0.2) is 16.3 Å². The molecular formula is C17H11FN2O2. The number of hydrogen-bond donors (Lipinski definition) is 1. The van der Waals surface area contributed by atoms with E-state index in [9.17, 15) is 9.18 Å². The topological polar surface area (TPSA) is 55.0 Å². The Labute approximate surface area is 125 Å². The summed E-state index contributed by atoms with van der Waals surface area (Å²) >= 11 is 0. The second kappa shape index (κ2) is 4.80. The molecule has 0 saturated heterocycles. The number of carbonyl (C=O) groups excluding carboxylic acids is 1. The van der Waals surface area contributed by atoms with Gasteiger partial charge in [0.25, 0.3) is 0 Å². The third kappa shape index (κ3) is 1.98. The summed E-state index contributed by atoms with van der Waals surface area (Å²) in [5, 5.41) is 0. The fourth-order valence-corrected chi connectivity index (χ4v) is 2.59. The van der Waals surface area contributed by atoms with Crippen LogP contribution in [-0.2, 0) is 6.42 Å². The lowest BCUT2D eigenvalue weighted by Gasteiger charge is -2.16. The number of carbonyl (C=O) groups is 1. The molecule has 0 aliphatic carbocycles. The molecule has 0 atom stereocenters. The third-order valence-corrected chi connectivity index (χ3v) is 3.68. The number of H-pyrrole nitrogens is 1. The molecule has 2 aromatic carbocycles. The highest BCUT2D eigenvalue weighted by Gasteiger charge is 2.23. The summed E-state index contributed by atoms with van der Waals surface area (Å²) < 4.78 is 18.8. The molecule has 4 rings (SSSR count). The van der Waals surface area contributed by atoms with Crippen molar-refractivity contribution in [2.45, 2.75) is 6.42 Å². The zero-order chi connectivity index (χ0) is 15.1. The number of fused-ring (bicyclic) bond motifs is 2. The predicted molar refractivity (Wildman–Crippen MR) is 78.7 cm³/mol. The summed E-state index contributed by atoms with van der Waals surface area (Å²) in [4.78, 5) is 18.7. The van der Waals surface area contributed by atoms with E-state index in [1.165, 1.54) is 12.1 Å². The molecule has 22 heavy (non-hydrogen) atoms.